The van der Waals surface area contributed by atoms with E-state index in [1.807, 2.05) is 0 Å². The molecule has 0 saturated heterocycles. The predicted molar refractivity (Wildman–Crippen MR) is 74.1 cm³/mol. The third-order valence-electron chi connectivity index (χ3n) is 2.81. The highest BCUT2D eigenvalue weighted by molar-refractivity contribution is 6.30. The minimum Gasteiger partial charge on any atom is -0.481 e. The molecule has 1 aromatic rings. The fourth-order valence-corrected chi connectivity index (χ4v) is 1.79. The lowest BCUT2D eigenvalue weighted by Gasteiger charge is -2.19. The van der Waals surface area contributed by atoms with Crippen molar-refractivity contribution < 1.29 is 9.53 Å². The maximum absolute atomic E-state index is 11.9. The third-order valence-corrected chi connectivity index (χ3v) is 3.05. The van der Waals surface area contributed by atoms with Gasteiger partial charge in [-0.3, -0.25) is 4.79 Å². The van der Waals surface area contributed by atoms with Crippen molar-refractivity contribution in [2.45, 2.75) is 45.8 Å². The van der Waals surface area contributed by atoms with Gasteiger partial charge in [0.15, 0.2) is 6.10 Å². The van der Waals surface area contributed by atoms with Crippen molar-refractivity contribution in [2.75, 3.05) is 0 Å². The summed E-state index contributed by atoms with van der Waals surface area (Å²) in [7, 11) is 0. The SMILES string of the molecule is CCC(CC)NC(=O)C(C)Oc1cccc(Cl)c1. The van der Waals surface area contributed by atoms with E-state index in [4.69, 9.17) is 16.3 Å². The first-order chi connectivity index (χ1) is 8.56. The van der Waals surface area contributed by atoms with E-state index in [-0.39, 0.29) is 11.9 Å². The number of hydrogen-bond donors (Lipinski definition) is 1. The van der Waals surface area contributed by atoms with Crippen LogP contribution in [0.3, 0.4) is 0 Å². The molecule has 4 heteroatoms. The van der Waals surface area contributed by atoms with Crippen LogP contribution in [-0.4, -0.2) is 18.1 Å². The maximum atomic E-state index is 11.9. The topological polar surface area (TPSA) is 38.3 Å². The van der Waals surface area contributed by atoms with Gasteiger partial charge in [-0.1, -0.05) is 31.5 Å². The summed E-state index contributed by atoms with van der Waals surface area (Å²) in [5.41, 5.74) is 0. The van der Waals surface area contributed by atoms with Crippen molar-refractivity contribution >= 4 is 17.5 Å². The Morgan fingerprint density at radius 1 is 1.39 bits per heavy atom. The zero-order valence-corrected chi connectivity index (χ0v) is 11.8. The lowest BCUT2D eigenvalue weighted by atomic mass is 10.1. The highest BCUT2D eigenvalue weighted by atomic mass is 35.5. The van der Waals surface area contributed by atoms with Crippen molar-refractivity contribution in [3.63, 3.8) is 0 Å². The number of hydrogen-bond acceptors (Lipinski definition) is 2. The summed E-state index contributed by atoms with van der Waals surface area (Å²) < 4.78 is 5.55. The summed E-state index contributed by atoms with van der Waals surface area (Å²) in [4.78, 5) is 11.9. The van der Waals surface area contributed by atoms with Gasteiger partial charge in [0.2, 0.25) is 0 Å². The molecule has 100 valence electrons. The highest BCUT2D eigenvalue weighted by Crippen LogP contribution is 2.18. The maximum Gasteiger partial charge on any atom is 0.260 e. The summed E-state index contributed by atoms with van der Waals surface area (Å²) in [6, 6.07) is 7.25. The van der Waals surface area contributed by atoms with Crippen LogP contribution in [-0.2, 0) is 4.79 Å². The quantitative estimate of drug-likeness (QED) is 0.859. The van der Waals surface area contributed by atoms with Gasteiger partial charge in [0.05, 0.1) is 0 Å². The van der Waals surface area contributed by atoms with Crippen molar-refractivity contribution in [1.29, 1.82) is 0 Å². The van der Waals surface area contributed by atoms with E-state index in [1.54, 1.807) is 31.2 Å². The first-order valence-corrected chi connectivity index (χ1v) is 6.67. The van der Waals surface area contributed by atoms with E-state index in [0.717, 1.165) is 12.8 Å². The molecule has 0 aliphatic rings. The van der Waals surface area contributed by atoms with Crippen LogP contribution in [0.15, 0.2) is 24.3 Å². The van der Waals surface area contributed by atoms with Crippen LogP contribution in [0, 0.1) is 0 Å². The molecule has 0 heterocycles. The molecule has 0 fully saturated rings. The van der Waals surface area contributed by atoms with Gasteiger partial charge in [0.1, 0.15) is 5.75 Å². The Morgan fingerprint density at radius 3 is 2.61 bits per heavy atom. The Morgan fingerprint density at radius 2 is 2.06 bits per heavy atom. The number of rotatable bonds is 6. The summed E-state index contributed by atoms with van der Waals surface area (Å²) in [5, 5.41) is 3.55. The van der Waals surface area contributed by atoms with Crippen LogP contribution < -0.4 is 10.1 Å². The molecule has 1 N–H and O–H groups in total. The number of ether oxygens (including phenoxy) is 1. The molecule has 1 rings (SSSR count). The second-order valence-electron chi connectivity index (χ2n) is 4.24. The van der Waals surface area contributed by atoms with Crippen molar-refractivity contribution in [3.8, 4) is 5.75 Å². The molecule has 0 radical (unpaired) electrons. The van der Waals surface area contributed by atoms with Gasteiger partial charge in [-0.2, -0.15) is 0 Å². The molecule has 0 spiro atoms. The average Bonchev–Trinajstić information content (AvgIpc) is 2.35. The largest absolute Gasteiger partial charge is 0.481 e. The molecular weight excluding hydrogens is 250 g/mol. The molecule has 0 aliphatic heterocycles. The van der Waals surface area contributed by atoms with E-state index in [2.05, 4.69) is 19.2 Å². The van der Waals surface area contributed by atoms with Gasteiger partial charge in [0, 0.05) is 11.1 Å². The fourth-order valence-electron chi connectivity index (χ4n) is 1.61. The number of amides is 1. The van der Waals surface area contributed by atoms with Crippen LogP contribution in [0.1, 0.15) is 33.6 Å². The minimum atomic E-state index is -0.524. The van der Waals surface area contributed by atoms with E-state index in [9.17, 15) is 4.79 Å². The molecule has 1 amide bonds. The molecule has 0 bridgehead atoms. The van der Waals surface area contributed by atoms with Crippen molar-refractivity contribution in [1.82, 2.24) is 5.32 Å². The molecule has 1 atom stereocenters. The van der Waals surface area contributed by atoms with Gasteiger partial charge in [-0.05, 0) is 38.0 Å². The minimum absolute atomic E-state index is 0.0938. The summed E-state index contributed by atoms with van der Waals surface area (Å²) in [6.45, 7) is 5.84. The van der Waals surface area contributed by atoms with Gasteiger partial charge in [-0.25, -0.2) is 0 Å². The number of benzene rings is 1. The zero-order valence-electron chi connectivity index (χ0n) is 11.1. The Labute approximate surface area is 113 Å². The first kappa shape index (κ1) is 14.8. The van der Waals surface area contributed by atoms with Gasteiger partial charge >= 0.3 is 0 Å². The monoisotopic (exact) mass is 269 g/mol. The normalized spacial score (nSPS) is 12.3. The third kappa shape index (κ3) is 4.57. The summed E-state index contributed by atoms with van der Waals surface area (Å²) >= 11 is 5.86. The number of carbonyl (C=O) groups is 1. The van der Waals surface area contributed by atoms with Gasteiger partial charge < -0.3 is 10.1 Å². The Kier molecular flexibility index (Phi) is 5.99. The number of halogens is 1. The summed E-state index contributed by atoms with van der Waals surface area (Å²) in [6.07, 6.45) is 1.32. The van der Waals surface area contributed by atoms with Crippen LogP contribution in [0.2, 0.25) is 5.02 Å². The fraction of sp³-hybridized carbons (Fsp3) is 0.500. The number of nitrogens with one attached hydrogen (secondary N) is 1. The molecule has 0 aliphatic carbocycles. The van der Waals surface area contributed by atoms with Crippen LogP contribution in [0.4, 0.5) is 0 Å². The first-order valence-electron chi connectivity index (χ1n) is 6.29. The molecule has 0 aromatic heterocycles. The van der Waals surface area contributed by atoms with E-state index >= 15 is 0 Å². The van der Waals surface area contributed by atoms with Crippen LogP contribution in [0.5, 0.6) is 5.75 Å². The van der Waals surface area contributed by atoms with Crippen LogP contribution in [0.25, 0.3) is 0 Å². The average molecular weight is 270 g/mol. The highest BCUT2D eigenvalue weighted by Gasteiger charge is 2.17. The molecule has 18 heavy (non-hydrogen) atoms. The molecular formula is C14H20ClNO2. The Bertz CT molecular complexity index is 391. The standard InChI is InChI=1S/C14H20ClNO2/c1-4-12(5-2)16-14(17)10(3)18-13-8-6-7-11(15)9-13/h6-10,12H,4-5H2,1-3H3,(H,16,17). The summed E-state index contributed by atoms with van der Waals surface area (Å²) in [5.74, 6) is 0.512. The van der Waals surface area contributed by atoms with E-state index in [0.29, 0.717) is 10.8 Å². The lowest BCUT2D eigenvalue weighted by Crippen LogP contribution is -2.42. The Hall–Kier alpha value is -1.22. The second-order valence-corrected chi connectivity index (χ2v) is 4.68. The van der Waals surface area contributed by atoms with Crippen LogP contribution >= 0.6 is 11.6 Å². The van der Waals surface area contributed by atoms with Gasteiger partial charge in [0.25, 0.3) is 5.91 Å². The van der Waals surface area contributed by atoms with Crippen molar-refractivity contribution in [3.05, 3.63) is 29.3 Å². The van der Waals surface area contributed by atoms with E-state index < -0.39 is 6.10 Å². The smallest absolute Gasteiger partial charge is 0.260 e. The van der Waals surface area contributed by atoms with E-state index in [1.165, 1.54) is 0 Å². The van der Waals surface area contributed by atoms with Crippen molar-refractivity contribution in [2.24, 2.45) is 0 Å². The zero-order chi connectivity index (χ0) is 13.5. The molecule has 1 unspecified atom stereocenters. The lowest BCUT2D eigenvalue weighted by molar-refractivity contribution is -0.128. The molecule has 0 saturated carbocycles. The van der Waals surface area contributed by atoms with Gasteiger partial charge in [-0.15, -0.1) is 0 Å². The second kappa shape index (κ2) is 7.27. The molecule has 3 nitrogen and oxygen atoms in total. The molecule has 1 aromatic carbocycles. The predicted octanol–water partition coefficient (Wildman–Crippen LogP) is 3.41. The Balaban J connectivity index is 2.54. The number of carbonyl (C=O) groups excluding carboxylic acids is 1.